The van der Waals surface area contributed by atoms with Crippen LogP contribution >= 0.6 is 42.4 Å². The molecule has 0 unspecified atom stereocenters. The molecule has 2 nitrogen and oxygen atoms in total. The third-order valence-corrected chi connectivity index (χ3v) is 4.85. The molecule has 0 aromatic heterocycles. The second-order valence-electron chi connectivity index (χ2n) is 1.57. The molecular formula is C6H4I2O2. The molecular weight excluding hydrogens is 358 g/mol. The lowest BCUT2D eigenvalue weighted by atomic mass is 10.4. The first-order chi connectivity index (χ1) is 4.88. The first-order valence-electron chi connectivity index (χ1n) is 2.51. The van der Waals surface area contributed by atoms with Gasteiger partial charge in [-0.15, -0.1) is 0 Å². The van der Waals surface area contributed by atoms with Crippen LogP contribution in [-0.4, -0.2) is 0 Å². The van der Waals surface area contributed by atoms with Crippen LogP contribution in [0, 0.1) is 7.14 Å². The van der Waals surface area contributed by atoms with E-state index in [-0.39, 0.29) is 0 Å². The molecule has 4 heteroatoms. The van der Waals surface area contributed by atoms with Crippen molar-refractivity contribution in [3.05, 3.63) is 31.4 Å². The van der Waals surface area contributed by atoms with Crippen LogP contribution in [0.4, 0.5) is 0 Å². The molecule has 0 N–H and O–H groups in total. The van der Waals surface area contributed by atoms with E-state index in [0.29, 0.717) is 0 Å². The van der Waals surface area contributed by atoms with Gasteiger partial charge in [0.1, 0.15) is 0 Å². The zero-order chi connectivity index (χ0) is 7.40. The maximum atomic E-state index is 10.5. The van der Waals surface area contributed by atoms with Crippen LogP contribution < -0.4 is 0 Å². The van der Waals surface area contributed by atoms with Gasteiger partial charge in [-0.1, -0.05) is 12.1 Å². The zero-order valence-corrected chi connectivity index (χ0v) is 9.20. The minimum absolute atomic E-state index is 0.782. The van der Waals surface area contributed by atoms with Crippen LogP contribution in [0.3, 0.4) is 0 Å². The Morgan fingerprint density at radius 1 is 0.900 bits per heavy atom. The Hall–Kier alpha value is 0.280. The van der Waals surface area contributed by atoms with E-state index in [1.165, 1.54) is 0 Å². The van der Waals surface area contributed by atoms with E-state index in [1.54, 1.807) is 12.1 Å². The van der Waals surface area contributed by atoms with Crippen LogP contribution in [-0.2, 0) is 6.14 Å². The Morgan fingerprint density at radius 3 is 1.60 bits per heavy atom. The predicted molar refractivity (Wildman–Crippen MR) is 53.2 cm³/mol. The van der Waals surface area contributed by atoms with Gasteiger partial charge in [-0.3, -0.25) is 6.14 Å². The minimum Gasteiger partial charge on any atom is -0.265 e. The molecule has 0 amide bonds. The van der Waals surface area contributed by atoms with E-state index in [9.17, 15) is 6.14 Å². The fourth-order valence-corrected chi connectivity index (χ4v) is 3.17. The highest BCUT2D eigenvalue weighted by atomic mass is 127. The Kier molecular flexibility index (Phi) is 3.53. The minimum atomic E-state index is -1.14. The molecule has 54 valence electrons. The molecule has 0 spiro atoms. The predicted octanol–water partition coefficient (Wildman–Crippen LogP) is 2.66. The summed E-state index contributed by atoms with van der Waals surface area (Å²) in [6.45, 7) is 0. The summed E-state index contributed by atoms with van der Waals surface area (Å²) in [5, 5.41) is 0. The number of hydrogen-bond donors (Lipinski definition) is 0. The number of hydrogen-bond acceptors (Lipinski definition) is 2. The van der Waals surface area contributed by atoms with Gasteiger partial charge in [0.05, 0.1) is 7.14 Å². The lowest BCUT2D eigenvalue weighted by Gasteiger charge is -1.89. The average Bonchev–Trinajstić information content (AvgIpc) is 2.04. The van der Waals surface area contributed by atoms with Gasteiger partial charge in [0, 0.05) is 0 Å². The third-order valence-electron chi connectivity index (χ3n) is 0.991. The zero-order valence-electron chi connectivity index (χ0n) is 4.88. The van der Waals surface area contributed by atoms with E-state index in [2.05, 4.69) is 0 Å². The molecule has 1 aromatic rings. The molecule has 10 heavy (non-hydrogen) atoms. The lowest BCUT2D eigenvalue weighted by Crippen LogP contribution is -1.75. The average molecular weight is 362 g/mol. The van der Waals surface area contributed by atoms with Crippen molar-refractivity contribution in [3.63, 3.8) is 0 Å². The van der Waals surface area contributed by atoms with Crippen LogP contribution in [0.1, 0.15) is 0 Å². The fourth-order valence-electron chi connectivity index (χ4n) is 0.564. The summed E-state index contributed by atoms with van der Waals surface area (Å²) in [5.74, 6) is 0. The van der Waals surface area contributed by atoms with Crippen LogP contribution in [0.2, 0.25) is 0 Å². The summed E-state index contributed by atoms with van der Waals surface area (Å²) >= 11 is -2.28. The van der Waals surface area contributed by atoms with Gasteiger partial charge >= 0.3 is 0 Å². The molecule has 1 aromatic carbocycles. The monoisotopic (exact) mass is 362 g/mol. The maximum absolute atomic E-state index is 10.5. The van der Waals surface area contributed by atoms with Crippen LogP contribution in [0.5, 0.6) is 0 Å². The quantitative estimate of drug-likeness (QED) is 0.759. The molecule has 0 saturated carbocycles. The summed E-state index contributed by atoms with van der Waals surface area (Å²) < 4.78 is 22.6. The normalized spacial score (nSPS) is 9.60. The Labute approximate surface area is 79.3 Å². The van der Waals surface area contributed by atoms with E-state index < -0.39 is 42.4 Å². The number of benzene rings is 1. The van der Waals surface area contributed by atoms with Gasteiger partial charge in [0.15, 0.2) is 42.4 Å². The Morgan fingerprint density at radius 2 is 1.30 bits per heavy atom. The SMILES string of the molecule is O=Ic1ccccc1I=O. The molecule has 0 atom stereocenters. The largest absolute Gasteiger partial charge is 0.265 e. The third kappa shape index (κ3) is 1.88. The van der Waals surface area contributed by atoms with Gasteiger partial charge in [0.2, 0.25) is 0 Å². The van der Waals surface area contributed by atoms with E-state index >= 15 is 0 Å². The highest BCUT2D eigenvalue weighted by Gasteiger charge is 1.98. The molecule has 0 aliphatic carbocycles. The van der Waals surface area contributed by atoms with E-state index in [1.807, 2.05) is 12.1 Å². The maximum Gasteiger partial charge on any atom is 0.183 e. The van der Waals surface area contributed by atoms with Crippen molar-refractivity contribution in [1.82, 2.24) is 0 Å². The van der Waals surface area contributed by atoms with Crippen LogP contribution in [0.15, 0.2) is 24.3 Å². The molecule has 0 bridgehead atoms. The van der Waals surface area contributed by atoms with Crippen molar-refractivity contribution >= 4 is 42.4 Å². The van der Waals surface area contributed by atoms with E-state index in [4.69, 9.17) is 0 Å². The molecule has 0 fully saturated rings. The van der Waals surface area contributed by atoms with Gasteiger partial charge in [-0.05, 0) is 12.1 Å². The summed E-state index contributed by atoms with van der Waals surface area (Å²) in [6, 6.07) is 7.17. The van der Waals surface area contributed by atoms with Crippen molar-refractivity contribution < 1.29 is 6.14 Å². The number of halogens is 2. The topological polar surface area (TPSA) is 34.1 Å². The first kappa shape index (κ1) is 8.38. The second-order valence-corrected chi connectivity index (χ2v) is 4.77. The van der Waals surface area contributed by atoms with Gasteiger partial charge in [-0.2, -0.15) is 0 Å². The van der Waals surface area contributed by atoms with Crippen molar-refractivity contribution in [2.45, 2.75) is 0 Å². The van der Waals surface area contributed by atoms with Gasteiger partial charge < -0.3 is 0 Å². The molecule has 0 aliphatic heterocycles. The molecule has 0 heterocycles. The van der Waals surface area contributed by atoms with Crippen molar-refractivity contribution in [2.24, 2.45) is 0 Å². The number of rotatable bonds is 2. The van der Waals surface area contributed by atoms with Crippen LogP contribution in [0.25, 0.3) is 0 Å². The Bertz CT molecular complexity index is 233. The van der Waals surface area contributed by atoms with Crippen molar-refractivity contribution in [3.8, 4) is 0 Å². The summed E-state index contributed by atoms with van der Waals surface area (Å²) in [4.78, 5) is 0. The summed E-state index contributed by atoms with van der Waals surface area (Å²) in [7, 11) is 0. The molecule has 1 rings (SSSR count). The molecule has 0 saturated heterocycles. The Balaban J connectivity index is 3.20. The summed E-state index contributed by atoms with van der Waals surface area (Å²) in [6.07, 6.45) is 0. The van der Waals surface area contributed by atoms with E-state index in [0.717, 1.165) is 7.14 Å². The molecule has 0 aliphatic rings. The van der Waals surface area contributed by atoms with Gasteiger partial charge in [-0.25, -0.2) is 0 Å². The standard InChI is InChI=1S/C6H4I2O2/c9-7-5-3-1-2-4-6(5)8-10/h1-4H. The summed E-state index contributed by atoms with van der Waals surface area (Å²) in [5.41, 5.74) is 0. The van der Waals surface area contributed by atoms with Crippen molar-refractivity contribution in [2.75, 3.05) is 0 Å². The highest BCUT2D eigenvalue weighted by Crippen LogP contribution is 2.19. The lowest BCUT2D eigenvalue weighted by molar-refractivity contribution is 0.646. The first-order valence-corrected chi connectivity index (χ1v) is 6.43. The van der Waals surface area contributed by atoms with Gasteiger partial charge in [0.25, 0.3) is 0 Å². The fraction of sp³-hybridized carbons (Fsp3) is 0. The van der Waals surface area contributed by atoms with Crippen molar-refractivity contribution in [1.29, 1.82) is 0 Å². The second kappa shape index (κ2) is 4.22. The highest BCUT2D eigenvalue weighted by molar-refractivity contribution is 14.2. The smallest absolute Gasteiger partial charge is 0.183 e. The molecule has 0 radical (unpaired) electrons.